The van der Waals surface area contributed by atoms with Crippen LogP contribution in [0, 0.1) is 0 Å². The van der Waals surface area contributed by atoms with Gasteiger partial charge in [0.05, 0.1) is 6.10 Å². The van der Waals surface area contributed by atoms with Crippen LogP contribution in [0.25, 0.3) is 0 Å². The Labute approximate surface area is 88.6 Å². The Balaban J connectivity index is 2.31. The van der Waals surface area contributed by atoms with Gasteiger partial charge in [-0.05, 0) is 12.5 Å². The topological polar surface area (TPSA) is 64.7 Å². The highest BCUT2D eigenvalue weighted by atomic mass is 16.7. The lowest BCUT2D eigenvalue weighted by Gasteiger charge is -2.13. The van der Waals surface area contributed by atoms with Crippen molar-refractivity contribution >= 4 is 5.69 Å². The number of anilines is 1. The summed E-state index contributed by atoms with van der Waals surface area (Å²) >= 11 is 0. The predicted octanol–water partition coefficient (Wildman–Crippen LogP) is 1.83. The summed E-state index contributed by atoms with van der Waals surface area (Å²) in [4.78, 5) is 0. The summed E-state index contributed by atoms with van der Waals surface area (Å²) in [5, 5.41) is 9.86. The molecule has 0 saturated carbocycles. The first-order chi connectivity index (χ1) is 7.22. The third-order valence-corrected chi connectivity index (χ3v) is 2.50. The van der Waals surface area contributed by atoms with Crippen molar-refractivity contribution in [2.24, 2.45) is 0 Å². The first-order valence-electron chi connectivity index (χ1n) is 5.09. The van der Waals surface area contributed by atoms with Crippen LogP contribution < -0.4 is 15.2 Å². The lowest BCUT2D eigenvalue weighted by atomic mass is 10.0. The van der Waals surface area contributed by atoms with E-state index in [-0.39, 0.29) is 6.79 Å². The molecule has 1 unspecified atom stereocenters. The number of ether oxygens (including phenoxy) is 2. The summed E-state index contributed by atoms with van der Waals surface area (Å²) in [6.07, 6.45) is 1.09. The molecule has 15 heavy (non-hydrogen) atoms. The zero-order chi connectivity index (χ0) is 10.8. The van der Waals surface area contributed by atoms with Gasteiger partial charge in [-0.1, -0.05) is 13.3 Å². The van der Waals surface area contributed by atoms with Crippen LogP contribution in [-0.4, -0.2) is 11.9 Å². The molecule has 1 aromatic carbocycles. The molecule has 1 aliphatic heterocycles. The average molecular weight is 209 g/mol. The second-order valence-electron chi connectivity index (χ2n) is 3.64. The molecule has 0 saturated heterocycles. The molecule has 4 nitrogen and oxygen atoms in total. The Hall–Kier alpha value is -1.42. The van der Waals surface area contributed by atoms with E-state index in [1.807, 2.05) is 6.92 Å². The van der Waals surface area contributed by atoms with E-state index in [9.17, 15) is 5.11 Å². The van der Waals surface area contributed by atoms with E-state index in [4.69, 9.17) is 15.2 Å². The molecule has 2 rings (SSSR count). The maximum absolute atomic E-state index is 9.86. The van der Waals surface area contributed by atoms with Gasteiger partial charge in [0.15, 0.2) is 11.5 Å². The number of aliphatic hydroxyl groups is 1. The van der Waals surface area contributed by atoms with Crippen molar-refractivity contribution < 1.29 is 14.6 Å². The van der Waals surface area contributed by atoms with Gasteiger partial charge in [-0.2, -0.15) is 0 Å². The Morgan fingerprint density at radius 1 is 1.40 bits per heavy atom. The highest BCUT2D eigenvalue weighted by Gasteiger charge is 2.19. The van der Waals surface area contributed by atoms with Crippen molar-refractivity contribution in [3.05, 3.63) is 17.7 Å². The van der Waals surface area contributed by atoms with Gasteiger partial charge in [0.1, 0.15) is 0 Å². The third-order valence-electron chi connectivity index (χ3n) is 2.50. The minimum Gasteiger partial charge on any atom is -0.454 e. The summed E-state index contributed by atoms with van der Waals surface area (Å²) in [6.45, 7) is 2.24. The molecule has 0 spiro atoms. The smallest absolute Gasteiger partial charge is 0.231 e. The van der Waals surface area contributed by atoms with Gasteiger partial charge in [0, 0.05) is 17.3 Å². The van der Waals surface area contributed by atoms with Crippen LogP contribution in [0.2, 0.25) is 0 Å². The number of fused-ring (bicyclic) bond motifs is 1. The van der Waals surface area contributed by atoms with Gasteiger partial charge in [-0.3, -0.25) is 0 Å². The number of hydrogen-bond donors (Lipinski definition) is 2. The second-order valence-corrected chi connectivity index (χ2v) is 3.64. The Morgan fingerprint density at radius 3 is 2.73 bits per heavy atom. The standard InChI is InChI=1S/C11H15NO3/c1-2-3-9(13)7-4-10-11(5-8(7)12)15-6-14-10/h4-5,9,13H,2-3,6,12H2,1H3. The number of nitrogen functional groups attached to an aromatic ring is 1. The summed E-state index contributed by atoms with van der Waals surface area (Å²) in [5.41, 5.74) is 7.11. The van der Waals surface area contributed by atoms with Gasteiger partial charge >= 0.3 is 0 Å². The molecule has 82 valence electrons. The van der Waals surface area contributed by atoms with Crippen LogP contribution in [0.5, 0.6) is 11.5 Å². The van der Waals surface area contributed by atoms with E-state index >= 15 is 0 Å². The molecule has 0 aliphatic carbocycles. The number of aliphatic hydroxyl groups excluding tert-OH is 1. The van der Waals surface area contributed by atoms with Crippen molar-refractivity contribution in [2.45, 2.75) is 25.9 Å². The molecular weight excluding hydrogens is 194 g/mol. The first kappa shape index (κ1) is 10.1. The van der Waals surface area contributed by atoms with Gasteiger partial charge in [0.2, 0.25) is 6.79 Å². The van der Waals surface area contributed by atoms with Crippen molar-refractivity contribution in [1.29, 1.82) is 0 Å². The summed E-state index contributed by atoms with van der Waals surface area (Å²) < 4.78 is 10.4. The molecule has 1 aliphatic rings. The Morgan fingerprint density at radius 2 is 2.07 bits per heavy atom. The zero-order valence-electron chi connectivity index (χ0n) is 8.69. The fourth-order valence-electron chi connectivity index (χ4n) is 1.69. The van der Waals surface area contributed by atoms with Crippen LogP contribution in [0.1, 0.15) is 31.4 Å². The van der Waals surface area contributed by atoms with Gasteiger partial charge in [-0.25, -0.2) is 0 Å². The highest BCUT2D eigenvalue weighted by Crippen LogP contribution is 2.38. The van der Waals surface area contributed by atoms with Crippen LogP contribution in [0.3, 0.4) is 0 Å². The van der Waals surface area contributed by atoms with Gasteiger partial charge < -0.3 is 20.3 Å². The molecule has 1 aromatic rings. The number of benzene rings is 1. The molecule has 0 fully saturated rings. The van der Waals surface area contributed by atoms with Crippen molar-refractivity contribution in [1.82, 2.24) is 0 Å². The zero-order valence-corrected chi connectivity index (χ0v) is 8.69. The lowest BCUT2D eigenvalue weighted by Crippen LogP contribution is -2.01. The first-order valence-corrected chi connectivity index (χ1v) is 5.09. The van der Waals surface area contributed by atoms with Crippen molar-refractivity contribution in [3.8, 4) is 11.5 Å². The predicted molar refractivity (Wildman–Crippen MR) is 56.8 cm³/mol. The van der Waals surface area contributed by atoms with Gasteiger partial charge in [-0.15, -0.1) is 0 Å². The summed E-state index contributed by atoms with van der Waals surface area (Å²) in [7, 11) is 0. The molecule has 0 bridgehead atoms. The van der Waals surface area contributed by atoms with E-state index in [1.54, 1.807) is 12.1 Å². The molecule has 0 aromatic heterocycles. The summed E-state index contributed by atoms with van der Waals surface area (Å²) in [6, 6.07) is 3.47. The minimum absolute atomic E-state index is 0.224. The Bertz CT molecular complexity index is 365. The lowest BCUT2D eigenvalue weighted by molar-refractivity contribution is 0.165. The van der Waals surface area contributed by atoms with E-state index < -0.39 is 6.10 Å². The van der Waals surface area contributed by atoms with Crippen LogP contribution in [0.4, 0.5) is 5.69 Å². The number of nitrogens with two attached hydrogens (primary N) is 1. The number of hydrogen-bond acceptors (Lipinski definition) is 4. The molecule has 4 heteroatoms. The second kappa shape index (κ2) is 3.98. The normalized spacial score (nSPS) is 15.3. The van der Waals surface area contributed by atoms with Crippen LogP contribution >= 0.6 is 0 Å². The maximum Gasteiger partial charge on any atom is 0.231 e. The van der Waals surface area contributed by atoms with E-state index in [0.29, 0.717) is 23.6 Å². The fourth-order valence-corrected chi connectivity index (χ4v) is 1.69. The quantitative estimate of drug-likeness (QED) is 0.745. The molecule has 0 amide bonds. The van der Waals surface area contributed by atoms with Crippen LogP contribution in [0.15, 0.2) is 12.1 Å². The Kier molecular flexibility index (Phi) is 2.68. The monoisotopic (exact) mass is 209 g/mol. The van der Waals surface area contributed by atoms with E-state index in [1.165, 1.54) is 0 Å². The van der Waals surface area contributed by atoms with E-state index in [2.05, 4.69) is 0 Å². The molecule has 3 N–H and O–H groups in total. The van der Waals surface area contributed by atoms with Crippen molar-refractivity contribution in [2.75, 3.05) is 12.5 Å². The third kappa shape index (κ3) is 1.85. The molecule has 1 atom stereocenters. The SMILES string of the molecule is CCCC(O)c1cc2c(cc1N)OCO2. The molecule has 1 heterocycles. The van der Waals surface area contributed by atoms with Crippen LogP contribution in [-0.2, 0) is 0 Å². The minimum atomic E-state index is -0.524. The molecule has 0 radical (unpaired) electrons. The fraction of sp³-hybridized carbons (Fsp3) is 0.455. The molecular formula is C11H15NO3. The summed E-state index contributed by atoms with van der Waals surface area (Å²) in [5.74, 6) is 1.31. The van der Waals surface area contributed by atoms with E-state index in [0.717, 1.165) is 12.0 Å². The largest absolute Gasteiger partial charge is 0.454 e. The number of rotatable bonds is 3. The van der Waals surface area contributed by atoms with Gasteiger partial charge in [0.25, 0.3) is 0 Å². The van der Waals surface area contributed by atoms with Crippen molar-refractivity contribution in [3.63, 3.8) is 0 Å². The maximum atomic E-state index is 9.86. The highest BCUT2D eigenvalue weighted by molar-refractivity contribution is 5.59. The average Bonchev–Trinajstić information content (AvgIpc) is 2.63.